The van der Waals surface area contributed by atoms with Crippen LogP contribution < -0.4 is 0 Å². The van der Waals surface area contributed by atoms with Gasteiger partial charge in [-0.05, 0) is 13.8 Å². The molecule has 0 N–H and O–H groups in total. The summed E-state index contributed by atoms with van der Waals surface area (Å²) in [7, 11) is 4.28. The molecule has 10 heteroatoms. The Bertz CT molecular complexity index is 427. The molecule has 0 heterocycles. The third kappa shape index (κ3) is 7.53. The van der Waals surface area contributed by atoms with Crippen molar-refractivity contribution in [2.45, 2.75) is 25.4 Å². The molecule has 0 atom stereocenters. The molecule has 0 aromatic rings. The smallest absolute Gasteiger partial charge is 0.485 e. The minimum Gasteiger partial charge on any atom is -0.741 e. The van der Waals surface area contributed by atoms with E-state index < -0.39 is 15.6 Å². The fourth-order valence-electron chi connectivity index (χ4n) is 1.26. The Kier molecular flexibility index (Phi) is 8.16. The second-order valence-corrected chi connectivity index (χ2v) is 6.06. The largest absolute Gasteiger partial charge is 0.741 e. The highest BCUT2D eigenvalue weighted by molar-refractivity contribution is 7.86. The molecule has 0 bridgehead atoms. The summed E-state index contributed by atoms with van der Waals surface area (Å²) < 4.78 is 61.0. The zero-order chi connectivity index (χ0) is 16.9. The molecule has 122 valence electrons. The van der Waals surface area contributed by atoms with Crippen molar-refractivity contribution in [3.63, 3.8) is 0 Å². The van der Waals surface area contributed by atoms with Crippen LogP contribution in [0.4, 0.5) is 13.2 Å². The van der Waals surface area contributed by atoms with Crippen molar-refractivity contribution in [2.75, 3.05) is 35.2 Å². The number of alkyl halides is 3. The van der Waals surface area contributed by atoms with Crippen molar-refractivity contribution in [3.05, 3.63) is 0 Å². The molecule has 0 fully saturated rings. The van der Waals surface area contributed by atoms with E-state index in [9.17, 15) is 13.2 Å². The fourth-order valence-corrected chi connectivity index (χ4v) is 1.26. The lowest BCUT2D eigenvalue weighted by Gasteiger charge is -2.24. The van der Waals surface area contributed by atoms with Crippen molar-refractivity contribution in [2.24, 2.45) is 0 Å². The van der Waals surface area contributed by atoms with Gasteiger partial charge in [-0.2, -0.15) is 13.2 Å². The molecule has 0 saturated carbocycles. The van der Waals surface area contributed by atoms with E-state index in [1.807, 2.05) is 0 Å². The average Bonchev–Trinajstić information content (AvgIpc) is 2.13. The molecule has 0 saturated heterocycles. The zero-order valence-electron chi connectivity index (χ0n) is 12.7. The molecule has 0 aliphatic carbocycles. The van der Waals surface area contributed by atoms with Crippen LogP contribution in [0.15, 0.2) is 0 Å². The first kappa shape index (κ1) is 21.3. The van der Waals surface area contributed by atoms with Gasteiger partial charge in [0.2, 0.25) is 0 Å². The van der Waals surface area contributed by atoms with Crippen LogP contribution in [0, 0.1) is 0 Å². The predicted octanol–water partition coefficient (Wildman–Crippen LogP) is 0.568. The van der Waals surface area contributed by atoms with Gasteiger partial charge >= 0.3 is 11.5 Å². The summed E-state index contributed by atoms with van der Waals surface area (Å²) in [5.74, 6) is 1.23. The van der Waals surface area contributed by atoms with Crippen molar-refractivity contribution < 1.29 is 30.7 Å². The standard InChI is InChI=1S/C9H22N3.CHF3O3S/c1-8(2)12(7)9(10(3)4)11(5)6;2-1(3,4)8(5,6)7/h8H,1-7H3;(H,5,6,7)/q+1;/p-1. The maximum atomic E-state index is 10.7. The monoisotopic (exact) mass is 321 g/mol. The Labute approximate surface area is 118 Å². The van der Waals surface area contributed by atoms with Crippen LogP contribution in [0.3, 0.4) is 0 Å². The topological polar surface area (TPSA) is 66.7 Å². The van der Waals surface area contributed by atoms with Crippen LogP contribution in [0.1, 0.15) is 13.8 Å². The van der Waals surface area contributed by atoms with E-state index in [4.69, 9.17) is 13.0 Å². The van der Waals surface area contributed by atoms with Gasteiger partial charge in [0, 0.05) is 0 Å². The summed E-state index contributed by atoms with van der Waals surface area (Å²) in [4.78, 5) is 4.38. The Morgan fingerprint density at radius 3 is 1.50 bits per heavy atom. The summed E-state index contributed by atoms with van der Waals surface area (Å²) in [5, 5.41) is 0. The van der Waals surface area contributed by atoms with Crippen LogP contribution in [0.2, 0.25) is 0 Å². The summed E-state index contributed by atoms with van der Waals surface area (Å²) in [6.07, 6.45) is 0. The summed E-state index contributed by atoms with van der Waals surface area (Å²) >= 11 is 0. The molecular formula is C10H22F3N3O3S. The van der Waals surface area contributed by atoms with Crippen molar-refractivity contribution in [1.82, 2.24) is 9.80 Å². The van der Waals surface area contributed by atoms with E-state index in [0.29, 0.717) is 6.04 Å². The Morgan fingerprint density at radius 1 is 1.15 bits per heavy atom. The molecule has 0 amide bonds. The third-order valence-electron chi connectivity index (χ3n) is 2.17. The van der Waals surface area contributed by atoms with Gasteiger partial charge in [-0.25, -0.2) is 8.42 Å². The van der Waals surface area contributed by atoms with E-state index >= 15 is 0 Å². The highest BCUT2D eigenvalue weighted by atomic mass is 32.2. The first-order valence-electron chi connectivity index (χ1n) is 5.59. The average molecular weight is 321 g/mol. The number of guanidine groups is 1. The van der Waals surface area contributed by atoms with Gasteiger partial charge in [-0.15, -0.1) is 0 Å². The number of nitrogens with zero attached hydrogens (tertiary/aromatic N) is 3. The van der Waals surface area contributed by atoms with E-state index in [1.165, 1.54) is 5.96 Å². The van der Waals surface area contributed by atoms with Gasteiger partial charge in [0.1, 0.15) is 0 Å². The zero-order valence-corrected chi connectivity index (χ0v) is 13.5. The lowest BCUT2D eigenvalue weighted by molar-refractivity contribution is -0.476. The summed E-state index contributed by atoms with van der Waals surface area (Å²) in [6.45, 7) is 4.38. The lowest BCUT2D eigenvalue weighted by atomic mass is 10.3. The van der Waals surface area contributed by atoms with Crippen LogP contribution in [0.25, 0.3) is 0 Å². The SMILES string of the molecule is CC(C)N(C)C(N(C)C)=[N+](C)C.O=S(=O)([O-])C(F)(F)F. The van der Waals surface area contributed by atoms with E-state index in [-0.39, 0.29) is 0 Å². The van der Waals surface area contributed by atoms with Gasteiger partial charge in [-0.1, -0.05) is 0 Å². The summed E-state index contributed by atoms with van der Waals surface area (Å²) in [6, 6.07) is 0.532. The number of halogens is 3. The summed E-state index contributed by atoms with van der Waals surface area (Å²) in [5.41, 5.74) is -5.65. The van der Waals surface area contributed by atoms with Gasteiger partial charge in [0.25, 0.3) is 0 Å². The highest BCUT2D eigenvalue weighted by Crippen LogP contribution is 2.20. The van der Waals surface area contributed by atoms with E-state index in [1.54, 1.807) is 0 Å². The van der Waals surface area contributed by atoms with Gasteiger partial charge < -0.3 is 4.55 Å². The lowest BCUT2D eigenvalue weighted by Crippen LogP contribution is -2.46. The van der Waals surface area contributed by atoms with E-state index in [2.05, 4.69) is 63.5 Å². The second kappa shape index (κ2) is 7.67. The fraction of sp³-hybridized carbons (Fsp3) is 0.900. The molecule has 0 unspecified atom stereocenters. The van der Waals surface area contributed by atoms with Crippen LogP contribution >= 0.6 is 0 Å². The first-order chi connectivity index (χ1) is 8.62. The maximum absolute atomic E-state index is 10.7. The van der Waals surface area contributed by atoms with Gasteiger partial charge in [0.15, 0.2) is 10.1 Å². The minimum absolute atomic E-state index is 0.532. The maximum Gasteiger partial charge on any atom is 0.485 e. The van der Waals surface area contributed by atoms with Crippen LogP contribution in [-0.4, -0.2) is 80.1 Å². The Hall–Kier alpha value is -1.03. The number of rotatable bonds is 1. The van der Waals surface area contributed by atoms with Crippen molar-refractivity contribution in [1.29, 1.82) is 0 Å². The quantitative estimate of drug-likeness (QED) is 0.232. The van der Waals surface area contributed by atoms with Gasteiger partial charge in [0.05, 0.1) is 41.3 Å². The molecule has 0 rings (SSSR count). The molecule has 0 aliphatic heterocycles. The minimum atomic E-state index is -6.09. The molecule has 6 nitrogen and oxygen atoms in total. The van der Waals surface area contributed by atoms with Crippen LogP contribution in [0.5, 0.6) is 0 Å². The molecule has 20 heavy (non-hydrogen) atoms. The molecular weight excluding hydrogens is 299 g/mol. The Balaban J connectivity index is 0. The first-order valence-corrected chi connectivity index (χ1v) is 7.00. The predicted molar refractivity (Wildman–Crippen MR) is 69.5 cm³/mol. The molecule has 0 aliphatic rings. The number of hydrogen-bond acceptors (Lipinski definition) is 3. The molecule has 0 radical (unpaired) electrons. The van der Waals surface area contributed by atoms with Crippen molar-refractivity contribution >= 4 is 16.1 Å². The van der Waals surface area contributed by atoms with Gasteiger partial charge in [-0.3, -0.25) is 14.4 Å². The molecule has 0 aromatic carbocycles. The van der Waals surface area contributed by atoms with Crippen molar-refractivity contribution in [3.8, 4) is 0 Å². The van der Waals surface area contributed by atoms with Crippen LogP contribution in [-0.2, 0) is 10.1 Å². The molecule has 0 aromatic heterocycles. The molecule has 0 spiro atoms. The number of hydrogen-bond donors (Lipinski definition) is 0. The Morgan fingerprint density at radius 2 is 1.45 bits per heavy atom. The second-order valence-electron chi connectivity index (χ2n) is 4.69. The third-order valence-corrected chi connectivity index (χ3v) is 2.74. The van der Waals surface area contributed by atoms with E-state index in [0.717, 1.165) is 0 Å². The highest BCUT2D eigenvalue weighted by Gasteiger charge is 2.36. The normalized spacial score (nSPS) is 11.6.